The average Bonchev–Trinajstić information content (AvgIpc) is 2.67. The summed E-state index contributed by atoms with van der Waals surface area (Å²) in [5.74, 6) is -0.540. The first-order valence-corrected chi connectivity index (χ1v) is 8.52. The summed E-state index contributed by atoms with van der Waals surface area (Å²) in [5, 5.41) is 13.1. The van der Waals surface area contributed by atoms with Gasteiger partial charge in [-0.1, -0.05) is 23.7 Å². The van der Waals surface area contributed by atoms with Crippen LogP contribution in [0.2, 0.25) is 5.02 Å². The minimum absolute atomic E-state index is 0.00950. The van der Waals surface area contributed by atoms with Crippen molar-refractivity contribution >= 4 is 34.9 Å². The zero-order chi connectivity index (χ0) is 20.5. The predicted molar refractivity (Wildman–Crippen MR) is 101 cm³/mol. The highest BCUT2D eigenvalue weighted by Gasteiger charge is 2.14. The van der Waals surface area contributed by atoms with E-state index in [1.165, 1.54) is 12.1 Å². The lowest BCUT2D eigenvalue weighted by molar-refractivity contribution is -0.384. The van der Waals surface area contributed by atoms with Gasteiger partial charge in [0.25, 0.3) is 11.6 Å². The third-order valence-corrected chi connectivity index (χ3v) is 3.61. The van der Waals surface area contributed by atoms with Crippen LogP contribution in [-0.4, -0.2) is 36.6 Å². The molecule has 9 nitrogen and oxygen atoms in total. The zero-order valence-corrected chi connectivity index (χ0v) is 15.6. The molecule has 0 saturated heterocycles. The van der Waals surface area contributed by atoms with E-state index >= 15 is 0 Å². The number of halogens is 1. The molecule has 0 aliphatic heterocycles. The van der Waals surface area contributed by atoms with E-state index in [1.807, 2.05) is 6.92 Å². The lowest BCUT2D eigenvalue weighted by Crippen LogP contribution is -2.23. The number of nitro benzene ring substituents is 1. The molecule has 28 heavy (non-hydrogen) atoms. The molecule has 0 saturated carbocycles. The fourth-order valence-electron chi connectivity index (χ4n) is 2.07. The Kier molecular flexibility index (Phi) is 7.58. The number of hydrogen-bond acceptors (Lipinski definition) is 7. The molecule has 0 aromatic heterocycles. The number of carbonyl (C=O) groups excluding carboxylic acids is 2. The number of rotatable bonds is 9. The van der Waals surface area contributed by atoms with E-state index in [2.05, 4.69) is 5.32 Å². The second kappa shape index (κ2) is 10.1. The fourth-order valence-corrected chi connectivity index (χ4v) is 2.30. The quantitative estimate of drug-likeness (QED) is 0.384. The van der Waals surface area contributed by atoms with Crippen LogP contribution < -0.4 is 14.8 Å². The average molecular weight is 409 g/mol. The highest BCUT2D eigenvalue weighted by molar-refractivity contribution is 6.34. The molecule has 0 spiro atoms. The maximum atomic E-state index is 11.9. The van der Waals surface area contributed by atoms with Gasteiger partial charge in [0, 0.05) is 12.1 Å². The van der Waals surface area contributed by atoms with Crippen molar-refractivity contribution in [3.8, 4) is 11.5 Å². The number of benzene rings is 2. The van der Waals surface area contributed by atoms with Crippen molar-refractivity contribution in [1.82, 2.24) is 0 Å². The summed E-state index contributed by atoms with van der Waals surface area (Å²) in [7, 11) is 0. The summed E-state index contributed by atoms with van der Waals surface area (Å²) in [5.41, 5.74) is -0.0471. The van der Waals surface area contributed by atoms with Gasteiger partial charge in [-0.3, -0.25) is 14.9 Å². The van der Waals surface area contributed by atoms with E-state index in [0.29, 0.717) is 18.1 Å². The van der Waals surface area contributed by atoms with Crippen molar-refractivity contribution in [3.05, 3.63) is 57.6 Å². The topological polar surface area (TPSA) is 117 Å². The van der Waals surface area contributed by atoms with Gasteiger partial charge in [-0.2, -0.15) is 0 Å². The van der Waals surface area contributed by atoms with Gasteiger partial charge in [-0.25, -0.2) is 4.79 Å². The van der Waals surface area contributed by atoms with Crippen LogP contribution in [0.15, 0.2) is 42.5 Å². The Labute approximate surface area is 165 Å². The first-order valence-electron chi connectivity index (χ1n) is 8.14. The molecular weight excluding hydrogens is 392 g/mol. The molecule has 0 fully saturated rings. The number of ether oxygens (including phenoxy) is 3. The van der Waals surface area contributed by atoms with Crippen LogP contribution in [0.1, 0.15) is 6.92 Å². The van der Waals surface area contributed by atoms with Crippen molar-refractivity contribution < 1.29 is 28.7 Å². The molecule has 2 aromatic carbocycles. The van der Waals surface area contributed by atoms with Crippen LogP contribution in [0.5, 0.6) is 11.5 Å². The van der Waals surface area contributed by atoms with Gasteiger partial charge < -0.3 is 19.5 Å². The Morgan fingerprint density at radius 3 is 2.39 bits per heavy atom. The van der Waals surface area contributed by atoms with Crippen molar-refractivity contribution in [2.45, 2.75) is 6.92 Å². The second-order valence-corrected chi connectivity index (χ2v) is 5.71. The Bertz CT molecular complexity index is 873. The maximum Gasteiger partial charge on any atom is 0.344 e. The Morgan fingerprint density at radius 2 is 1.79 bits per heavy atom. The Morgan fingerprint density at radius 1 is 1.11 bits per heavy atom. The number of non-ortho nitro benzene ring substituents is 1. The third kappa shape index (κ3) is 6.13. The van der Waals surface area contributed by atoms with E-state index in [4.69, 9.17) is 25.8 Å². The molecule has 0 heterocycles. The first-order chi connectivity index (χ1) is 13.4. The first kappa shape index (κ1) is 21.0. The number of amides is 1. The predicted octanol–water partition coefficient (Wildman–Crippen LogP) is 3.21. The van der Waals surface area contributed by atoms with Crippen molar-refractivity contribution in [2.75, 3.05) is 25.1 Å². The normalized spacial score (nSPS) is 10.1. The third-order valence-electron chi connectivity index (χ3n) is 3.30. The van der Waals surface area contributed by atoms with Gasteiger partial charge in [0.15, 0.2) is 24.7 Å². The summed E-state index contributed by atoms with van der Waals surface area (Å²) in [6.07, 6.45) is 0. The lowest BCUT2D eigenvalue weighted by Gasteiger charge is -2.11. The molecule has 1 N–H and O–H groups in total. The smallest absolute Gasteiger partial charge is 0.344 e. The molecule has 0 aliphatic carbocycles. The van der Waals surface area contributed by atoms with E-state index in [9.17, 15) is 19.7 Å². The Balaban J connectivity index is 1.81. The van der Waals surface area contributed by atoms with E-state index in [-0.39, 0.29) is 16.4 Å². The number of hydrogen-bond donors (Lipinski definition) is 1. The van der Waals surface area contributed by atoms with Crippen molar-refractivity contribution in [3.63, 3.8) is 0 Å². The molecule has 0 radical (unpaired) electrons. The lowest BCUT2D eigenvalue weighted by atomic mass is 10.3. The minimum atomic E-state index is -0.753. The number of nitrogens with zero attached hydrogens (tertiary/aromatic N) is 1. The van der Waals surface area contributed by atoms with Gasteiger partial charge >= 0.3 is 5.97 Å². The molecule has 2 rings (SSSR count). The minimum Gasteiger partial charge on any atom is -0.490 e. The van der Waals surface area contributed by atoms with E-state index < -0.39 is 30.0 Å². The van der Waals surface area contributed by atoms with E-state index in [1.54, 1.807) is 24.3 Å². The SMILES string of the molecule is CCOc1ccccc1OCC(=O)OCC(=O)Nc1ccc([N+](=O)[O-])cc1Cl. The second-order valence-electron chi connectivity index (χ2n) is 5.30. The highest BCUT2D eigenvalue weighted by Crippen LogP contribution is 2.27. The molecular formula is C18H17ClN2O7. The molecule has 2 aromatic rings. The number of para-hydroxylation sites is 2. The summed E-state index contributed by atoms with van der Waals surface area (Å²) in [4.78, 5) is 33.7. The highest BCUT2D eigenvalue weighted by atomic mass is 35.5. The number of anilines is 1. The van der Waals surface area contributed by atoms with E-state index in [0.717, 1.165) is 6.07 Å². The van der Waals surface area contributed by atoms with Crippen molar-refractivity contribution in [1.29, 1.82) is 0 Å². The van der Waals surface area contributed by atoms with Crippen LogP contribution in [-0.2, 0) is 14.3 Å². The van der Waals surface area contributed by atoms with Gasteiger partial charge in [-0.15, -0.1) is 0 Å². The standard InChI is InChI=1S/C18H17ClN2O7/c1-2-26-15-5-3-4-6-16(15)27-11-18(23)28-10-17(22)20-14-8-7-12(21(24)25)9-13(14)19/h3-9H,2,10-11H2,1H3,(H,20,22). The summed E-state index contributed by atoms with van der Waals surface area (Å²) in [6, 6.07) is 10.4. The maximum absolute atomic E-state index is 11.9. The number of carbonyl (C=O) groups is 2. The summed E-state index contributed by atoms with van der Waals surface area (Å²) < 4.78 is 15.5. The van der Waals surface area contributed by atoms with Crippen molar-refractivity contribution in [2.24, 2.45) is 0 Å². The number of nitrogens with one attached hydrogen (secondary N) is 1. The Hall–Kier alpha value is -3.33. The van der Waals surface area contributed by atoms with Gasteiger partial charge in [0.1, 0.15) is 0 Å². The fraction of sp³-hybridized carbons (Fsp3) is 0.222. The monoisotopic (exact) mass is 408 g/mol. The van der Waals surface area contributed by atoms with Crippen LogP contribution in [0.3, 0.4) is 0 Å². The number of nitro groups is 1. The molecule has 10 heteroatoms. The molecule has 0 aliphatic rings. The van der Waals surface area contributed by atoms with Gasteiger partial charge in [-0.05, 0) is 25.1 Å². The van der Waals surface area contributed by atoms with Crippen LogP contribution in [0.4, 0.5) is 11.4 Å². The molecule has 0 atom stereocenters. The zero-order valence-electron chi connectivity index (χ0n) is 14.8. The van der Waals surface area contributed by atoms with Gasteiger partial charge in [0.2, 0.25) is 0 Å². The summed E-state index contributed by atoms with van der Waals surface area (Å²) in [6.45, 7) is 1.29. The molecule has 0 bridgehead atoms. The summed E-state index contributed by atoms with van der Waals surface area (Å²) >= 11 is 5.88. The largest absolute Gasteiger partial charge is 0.490 e. The molecule has 148 valence electrons. The molecule has 1 amide bonds. The van der Waals surface area contributed by atoms with Crippen LogP contribution in [0.25, 0.3) is 0 Å². The van der Waals surface area contributed by atoms with Crippen LogP contribution >= 0.6 is 11.6 Å². The van der Waals surface area contributed by atoms with Gasteiger partial charge in [0.05, 0.1) is 22.2 Å². The van der Waals surface area contributed by atoms with Crippen LogP contribution in [0, 0.1) is 10.1 Å². The molecule has 0 unspecified atom stereocenters. The number of esters is 1.